The Hall–Kier alpha value is -1.53. The first-order valence-corrected chi connectivity index (χ1v) is 8.12. The van der Waals surface area contributed by atoms with Gasteiger partial charge in [0.25, 0.3) is 0 Å². The first kappa shape index (κ1) is 16.3. The van der Waals surface area contributed by atoms with E-state index in [1.54, 1.807) is 13.2 Å². The lowest BCUT2D eigenvalue weighted by atomic mass is 9.73. The summed E-state index contributed by atoms with van der Waals surface area (Å²) in [5.41, 5.74) is 0.496. The number of nitrogens with zero attached hydrogens (tertiary/aromatic N) is 2. The minimum Gasteiger partial charge on any atom is -0.384 e. The van der Waals surface area contributed by atoms with Crippen LogP contribution in [0.2, 0.25) is 0 Å². The predicted molar refractivity (Wildman–Crippen MR) is 82.4 cm³/mol. The lowest BCUT2D eigenvalue weighted by Gasteiger charge is -2.50. The molecule has 6 heteroatoms. The summed E-state index contributed by atoms with van der Waals surface area (Å²) in [6, 6.07) is 2.90. The minimum atomic E-state index is -0.389. The molecule has 23 heavy (non-hydrogen) atoms. The first-order chi connectivity index (χ1) is 11.1. The number of likely N-dealkylation sites (tertiary alicyclic amines) is 1. The van der Waals surface area contributed by atoms with Crippen molar-refractivity contribution in [1.29, 1.82) is 0 Å². The Bertz CT molecular complexity index is 547. The maximum atomic E-state index is 12.9. The minimum absolute atomic E-state index is 0.0311. The summed E-state index contributed by atoms with van der Waals surface area (Å²) < 4.78 is 24.3. The van der Waals surface area contributed by atoms with Crippen molar-refractivity contribution in [3.05, 3.63) is 29.8 Å². The molecule has 0 spiro atoms. The largest absolute Gasteiger partial charge is 0.384 e. The number of methoxy groups -OCH3 is 1. The molecule has 5 nitrogen and oxygen atoms in total. The third kappa shape index (κ3) is 3.53. The average molecular weight is 322 g/mol. The number of amides is 1. The van der Waals surface area contributed by atoms with Crippen molar-refractivity contribution in [2.45, 2.75) is 31.8 Å². The molecule has 1 amide bonds. The molecular formula is C17H23FN2O3. The maximum Gasteiger partial charge on any atom is 0.228 e. The molecule has 0 saturated carbocycles. The maximum absolute atomic E-state index is 12.9. The van der Waals surface area contributed by atoms with Crippen LogP contribution in [0.1, 0.15) is 25.0 Å². The molecule has 0 radical (unpaired) electrons. The van der Waals surface area contributed by atoms with Crippen molar-refractivity contribution in [2.24, 2.45) is 5.41 Å². The molecule has 1 aromatic rings. The fraction of sp³-hybridized carbons (Fsp3) is 0.647. The smallest absolute Gasteiger partial charge is 0.228 e. The summed E-state index contributed by atoms with van der Waals surface area (Å²) in [6.07, 6.45) is 4.38. The summed E-state index contributed by atoms with van der Waals surface area (Å²) in [4.78, 5) is 18.4. The third-order valence-corrected chi connectivity index (χ3v) is 4.89. The number of hydrogen-bond acceptors (Lipinski definition) is 4. The molecule has 3 rings (SSSR count). The van der Waals surface area contributed by atoms with Crippen molar-refractivity contribution < 1.29 is 18.7 Å². The van der Waals surface area contributed by atoms with Crippen LogP contribution in [0.3, 0.4) is 0 Å². The van der Waals surface area contributed by atoms with Gasteiger partial charge in [-0.15, -0.1) is 0 Å². The van der Waals surface area contributed by atoms with Gasteiger partial charge in [-0.05, 0) is 31.4 Å². The van der Waals surface area contributed by atoms with Crippen molar-refractivity contribution in [3.8, 4) is 0 Å². The molecule has 2 aliphatic rings. The quantitative estimate of drug-likeness (QED) is 0.848. The molecule has 0 aromatic carbocycles. The molecule has 1 aromatic heterocycles. The third-order valence-electron chi connectivity index (χ3n) is 4.89. The lowest BCUT2D eigenvalue weighted by Crippen LogP contribution is -2.58. The van der Waals surface area contributed by atoms with Gasteiger partial charge < -0.3 is 14.4 Å². The molecular weight excluding hydrogens is 299 g/mol. The number of rotatable bonds is 4. The summed E-state index contributed by atoms with van der Waals surface area (Å²) in [5.74, 6) is -0.357. The number of carbonyl (C=O) groups excluding carboxylic acids is 1. The molecule has 0 unspecified atom stereocenters. The second kappa shape index (κ2) is 6.93. The molecule has 2 atom stereocenters. The van der Waals surface area contributed by atoms with Crippen LogP contribution < -0.4 is 0 Å². The van der Waals surface area contributed by atoms with Gasteiger partial charge in [0.05, 0.1) is 25.3 Å². The van der Waals surface area contributed by atoms with Crippen LogP contribution in [0.15, 0.2) is 18.3 Å². The van der Waals surface area contributed by atoms with Gasteiger partial charge in [0.15, 0.2) is 0 Å². The van der Waals surface area contributed by atoms with Crippen LogP contribution in [0.4, 0.5) is 4.39 Å². The Kier molecular flexibility index (Phi) is 4.92. The van der Waals surface area contributed by atoms with Gasteiger partial charge in [-0.1, -0.05) is 0 Å². The number of halogens is 1. The van der Waals surface area contributed by atoms with Crippen molar-refractivity contribution >= 4 is 5.91 Å². The van der Waals surface area contributed by atoms with E-state index in [4.69, 9.17) is 9.47 Å². The highest BCUT2D eigenvalue weighted by Crippen LogP contribution is 2.40. The summed E-state index contributed by atoms with van der Waals surface area (Å²) in [7, 11) is 1.70. The van der Waals surface area contributed by atoms with Crippen molar-refractivity contribution in [3.63, 3.8) is 0 Å². The van der Waals surface area contributed by atoms with Gasteiger partial charge in [-0.3, -0.25) is 9.78 Å². The molecule has 2 fully saturated rings. The first-order valence-electron chi connectivity index (χ1n) is 8.12. The second-order valence-corrected chi connectivity index (χ2v) is 6.51. The van der Waals surface area contributed by atoms with Crippen LogP contribution in [0.25, 0.3) is 0 Å². The van der Waals surface area contributed by atoms with Gasteiger partial charge in [0.2, 0.25) is 5.91 Å². The number of aromatic nitrogens is 1. The zero-order chi connectivity index (χ0) is 16.3. The van der Waals surface area contributed by atoms with E-state index in [-0.39, 0.29) is 29.7 Å². The normalized spacial score (nSPS) is 27.6. The molecule has 2 saturated heterocycles. The van der Waals surface area contributed by atoms with Crippen molar-refractivity contribution in [2.75, 3.05) is 33.4 Å². The number of ether oxygens (including phenoxy) is 2. The van der Waals surface area contributed by atoms with E-state index in [2.05, 4.69) is 4.98 Å². The van der Waals surface area contributed by atoms with Gasteiger partial charge in [0.1, 0.15) is 5.82 Å². The fourth-order valence-corrected chi connectivity index (χ4v) is 3.78. The Balaban J connectivity index is 1.68. The highest BCUT2D eigenvalue weighted by atomic mass is 19.1. The molecule has 0 aliphatic carbocycles. The summed E-state index contributed by atoms with van der Waals surface area (Å²) in [5, 5.41) is 0. The summed E-state index contributed by atoms with van der Waals surface area (Å²) >= 11 is 0. The van der Waals surface area contributed by atoms with E-state index in [1.165, 1.54) is 6.07 Å². The number of pyridine rings is 1. The number of hydrogen-bond donors (Lipinski definition) is 0. The van der Waals surface area contributed by atoms with Crippen LogP contribution in [-0.2, 0) is 20.7 Å². The topological polar surface area (TPSA) is 51.7 Å². The Morgan fingerprint density at radius 3 is 3.17 bits per heavy atom. The zero-order valence-electron chi connectivity index (χ0n) is 13.5. The standard InChI is InChI=1S/C17H23FN2O3/c1-22-12-17-6-2-8-23-15(17)5-7-20(11-17)16(21)9-14-4-3-13(18)10-19-14/h3-4,10,15H,2,5-9,11-12H2,1H3/t15-,17-/m1/s1. The highest BCUT2D eigenvalue weighted by molar-refractivity contribution is 5.78. The predicted octanol–water partition coefficient (Wildman–Crippen LogP) is 1.81. The number of piperidine rings is 1. The van der Waals surface area contributed by atoms with E-state index in [1.807, 2.05) is 4.90 Å². The van der Waals surface area contributed by atoms with E-state index >= 15 is 0 Å². The van der Waals surface area contributed by atoms with Crippen LogP contribution in [0.5, 0.6) is 0 Å². The highest BCUT2D eigenvalue weighted by Gasteiger charge is 2.46. The number of carbonyl (C=O) groups is 1. The van der Waals surface area contributed by atoms with Gasteiger partial charge >= 0.3 is 0 Å². The lowest BCUT2D eigenvalue weighted by molar-refractivity contribution is -0.161. The molecule has 126 valence electrons. The molecule has 2 aliphatic heterocycles. The average Bonchev–Trinajstić information content (AvgIpc) is 2.56. The van der Waals surface area contributed by atoms with Crippen LogP contribution in [0, 0.1) is 11.2 Å². The second-order valence-electron chi connectivity index (χ2n) is 6.51. The zero-order valence-corrected chi connectivity index (χ0v) is 13.5. The molecule has 0 N–H and O–H groups in total. The molecule has 0 bridgehead atoms. The fourth-order valence-electron chi connectivity index (χ4n) is 3.78. The van der Waals surface area contributed by atoms with E-state index in [9.17, 15) is 9.18 Å². The summed E-state index contributed by atoms with van der Waals surface area (Å²) in [6.45, 7) is 2.75. The van der Waals surface area contributed by atoms with Gasteiger partial charge in [0, 0.05) is 37.9 Å². The Morgan fingerprint density at radius 2 is 2.43 bits per heavy atom. The van der Waals surface area contributed by atoms with Crippen LogP contribution >= 0.6 is 0 Å². The molecule has 3 heterocycles. The van der Waals surface area contributed by atoms with E-state index in [0.29, 0.717) is 25.4 Å². The van der Waals surface area contributed by atoms with Crippen molar-refractivity contribution in [1.82, 2.24) is 9.88 Å². The van der Waals surface area contributed by atoms with Gasteiger partial charge in [-0.25, -0.2) is 4.39 Å². The Labute approximate surface area is 135 Å². The van der Waals surface area contributed by atoms with Crippen LogP contribution in [-0.4, -0.2) is 55.3 Å². The SMILES string of the molecule is COC[C@]12CCCO[C@@H]1CCN(C(=O)Cc1ccc(F)cn1)C2. The number of fused-ring (bicyclic) bond motifs is 1. The monoisotopic (exact) mass is 322 g/mol. The van der Waals surface area contributed by atoms with Gasteiger partial charge in [-0.2, -0.15) is 0 Å². The van der Waals surface area contributed by atoms with E-state index in [0.717, 1.165) is 32.1 Å². The van der Waals surface area contributed by atoms with E-state index < -0.39 is 0 Å². The Morgan fingerprint density at radius 1 is 1.57 bits per heavy atom.